The van der Waals surface area contributed by atoms with Gasteiger partial charge in [-0.15, -0.1) is 0 Å². The maximum atomic E-state index is 14.0. The lowest BCUT2D eigenvalue weighted by Gasteiger charge is -2.32. The molecule has 0 aromatic heterocycles. The summed E-state index contributed by atoms with van der Waals surface area (Å²) in [6.07, 6.45) is 11.5. The second kappa shape index (κ2) is 7.23. The van der Waals surface area contributed by atoms with Gasteiger partial charge in [0.2, 0.25) is 0 Å². The van der Waals surface area contributed by atoms with Gasteiger partial charge in [-0.25, -0.2) is 0 Å². The largest absolute Gasteiger partial charge is 0.339 e. The van der Waals surface area contributed by atoms with Crippen LogP contribution in [0.3, 0.4) is 0 Å². The first kappa shape index (κ1) is 18.3. The fourth-order valence-electron chi connectivity index (χ4n) is 3.44. The van der Waals surface area contributed by atoms with Crippen LogP contribution >= 0.6 is 0 Å². The van der Waals surface area contributed by atoms with Gasteiger partial charge in [0, 0.05) is 11.1 Å². The Bertz CT molecular complexity index is 491. The van der Waals surface area contributed by atoms with E-state index in [1.54, 1.807) is 6.08 Å². The van der Waals surface area contributed by atoms with E-state index in [0.717, 1.165) is 24.5 Å². The summed E-state index contributed by atoms with van der Waals surface area (Å²) >= 11 is 0. The van der Waals surface area contributed by atoms with E-state index in [-0.39, 0.29) is 6.42 Å². The van der Waals surface area contributed by atoms with E-state index in [9.17, 15) is 17.6 Å². The molecule has 0 N–H and O–H groups in total. The second-order valence-corrected chi connectivity index (χ2v) is 6.92. The Labute approximate surface area is 136 Å². The van der Waals surface area contributed by atoms with Gasteiger partial charge in [-0.3, -0.25) is 0 Å². The molecule has 0 amide bonds. The van der Waals surface area contributed by atoms with Crippen molar-refractivity contribution < 1.29 is 17.6 Å². The molecule has 1 saturated carbocycles. The number of allylic oxidation sites excluding steroid dienone is 6. The zero-order chi connectivity index (χ0) is 17.1. The zero-order valence-corrected chi connectivity index (χ0v) is 13.9. The first-order chi connectivity index (χ1) is 10.8. The third-order valence-electron chi connectivity index (χ3n) is 5.18. The zero-order valence-electron chi connectivity index (χ0n) is 13.9. The highest BCUT2D eigenvalue weighted by Crippen LogP contribution is 2.48. The fourth-order valence-corrected chi connectivity index (χ4v) is 3.44. The molecule has 2 aliphatic carbocycles. The molecule has 0 nitrogen and oxygen atoms in total. The second-order valence-electron chi connectivity index (χ2n) is 6.92. The molecule has 2 rings (SSSR count). The van der Waals surface area contributed by atoms with Crippen molar-refractivity contribution in [2.45, 2.75) is 70.6 Å². The molecule has 130 valence electrons. The van der Waals surface area contributed by atoms with Crippen LogP contribution < -0.4 is 0 Å². The molecule has 0 bridgehead atoms. The molecule has 0 aliphatic heterocycles. The molecule has 0 aromatic carbocycles. The van der Waals surface area contributed by atoms with Crippen LogP contribution in [-0.4, -0.2) is 11.8 Å². The predicted molar refractivity (Wildman–Crippen MR) is 85.8 cm³/mol. The summed E-state index contributed by atoms with van der Waals surface area (Å²) in [6, 6.07) is 0. The third-order valence-corrected chi connectivity index (χ3v) is 5.18. The van der Waals surface area contributed by atoms with Crippen molar-refractivity contribution in [1.29, 1.82) is 0 Å². The molecule has 0 atom stereocenters. The molecule has 0 unspecified atom stereocenters. The van der Waals surface area contributed by atoms with E-state index in [2.05, 4.69) is 6.92 Å². The predicted octanol–water partition coefficient (Wildman–Crippen LogP) is 6.70. The summed E-state index contributed by atoms with van der Waals surface area (Å²) in [4.78, 5) is 0. The van der Waals surface area contributed by atoms with Crippen molar-refractivity contribution in [2.24, 2.45) is 11.8 Å². The van der Waals surface area contributed by atoms with Crippen molar-refractivity contribution in [3.63, 3.8) is 0 Å². The molecule has 0 aromatic rings. The van der Waals surface area contributed by atoms with Crippen molar-refractivity contribution in [3.05, 3.63) is 35.5 Å². The van der Waals surface area contributed by atoms with E-state index in [0.29, 0.717) is 12.3 Å². The average molecular weight is 330 g/mol. The molecule has 4 heteroatoms. The fraction of sp³-hybridized carbons (Fsp3) is 0.684. The van der Waals surface area contributed by atoms with Crippen molar-refractivity contribution in [2.75, 3.05) is 0 Å². The lowest BCUT2D eigenvalue weighted by Crippen LogP contribution is -2.44. The van der Waals surface area contributed by atoms with Crippen molar-refractivity contribution in [3.8, 4) is 0 Å². The minimum absolute atomic E-state index is 0.0732. The van der Waals surface area contributed by atoms with E-state index in [4.69, 9.17) is 0 Å². The van der Waals surface area contributed by atoms with Crippen LogP contribution in [0.5, 0.6) is 0 Å². The van der Waals surface area contributed by atoms with Gasteiger partial charge in [0.15, 0.2) is 0 Å². The average Bonchev–Trinajstić information content (AvgIpc) is 2.50. The molecule has 0 spiro atoms. The number of hydrogen-bond donors (Lipinski definition) is 0. The number of hydrogen-bond acceptors (Lipinski definition) is 0. The minimum atomic E-state index is -4.12. The van der Waals surface area contributed by atoms with Gasteiger partial charge in [0.25, 0.3) is 0 Å². The summed E-state index contributed by atoms with van der Waals surface area (Å²) in [5.41, 5.74) is -1.09. The summed E-state index contributed by atoms with van der Waals surface area (Å²) in [5.74, 6) is -6.78. The lowest BCUT2D eigenvalue weighted by atomic mass is 9.81. The normalized spacial score (nSPS) is 30.2. The lowest BCUT2D eigenvalue weighted by molar-refractivity contribution is -0.162. The van der Waals surface area contributed by atoms with Gasteiger partial charge >= 0.3 is 11.8 Å². The van der Waals surface area contributed by atoms with Crippen molar-refractivity contribution in [1.82, 2.24) is 0 Å². The van der Waals surface area contributed by atoms with Gasteiger partial charge in [0.1, 0.15) is 0 Å². The Balaban J connectivity index is 1.94. The van der Waals surface area contributed by atoms with Crippen LogP contribution in [-0.2, 0) is 0 Å². The molecule has 0 saturated heterocycles. The molecule has 2 aliphatic rings. The van der Waals surface area contributed by atoms with E-state index < -0.39 is 23.0 Å². The summed E-state index contributed by atoms with van der Waals surface area (Å²) in [5, 5.41) is 0. The van der Waals surface area contributed by atoms with Gasteiger partial charge in [-0.1, -0.05) is 63.8 Å². The number of alkyl halides is 4. The minimum Gasteiger partial charge on any atom is -0.194 e. The Morgan fingerprint density at radius 3 is 2.30 bits per heavy atom. The molecule has 1 fully saturated rings. The number of rotatable bonds is 5. The highest BCUT2D eigenvalue weighted by molar-refractivity contribution is 5.42. The van der Waals surface area contributed by atoms with Crippen LogP contribution in [0, 0.1) is 11.8 Å². The first-order valence-corrected chi connectivity index (χ1v) is 8.63. The van der Waals surface area contributed by atoms with Gasteiger partial charge in [-0.2, -0.15) is 17.6 Å². The van der Waals surface area contributed by atoms with E-state index >= 15 is 0 Å². The summed E-state index contributed by atoms with van der Waals surface area (Å²) in [6.45, 7) is 3.72. The Morgan fingerprint density at radius 1 is 1.04 bits per heavy atom. The quantitative estimate of drug-likeness (QED) is 0.492. The summed E-state index contributed by atoms with van der Waals surface area (Å²) in [7, 11) is 0. The van der Waals surface area contributed by atoms with Crippen LogP contribution in [0.4, 0.5) is 17.6 Å². The highest BCUT2D eigenvalue weighted by atomic mass is 19.3. The smallest absolute Gasteiger partial charge is 0.194 e. The molecule has 23 heavy (non-hydrogen) atoms. The monoisotopic (exact) mass is 330 g/mol. The van der Waals surface area contributed by atoms with Crippen molar-refractivity contribution >= 4 is 0 Å². The highest BCUT2D eigenvalue weighted by Gasteiger charge is 2.60. The van der Waals surface area contributed by atoms with Crippen LogP contribution in [0.1, 0.15) is 58.8 Å². The van der Waals surface area contributed by atoms with Crippen LogP contribution in [0.2, 0.25) is 0 Å². The Kier molecular flexibility index (Phi) is 5.74. The molecular formula is C19H26F4. The topological polar surface area (TPSA) is 0 Å². The maximum Gasteiger partial charge on any atom is 0.339 e. The van der Waals surface area contributed by atoms with Crippen LogP contribution in [0.15, 0.2) is 35.5 Å². The van der Waals surface area contributed by atoms with E-state index in [1.807, 2.05) is 0 Å². The standard InChI is InChI=1S/C19H26F4/c1-3-16-12-13-17(19(22,23)18(16,20)21)7-5-4-6-15-10-8-14(2)9-11-15/h5,7,12-15H,3-4,6,8-11H2,1-2H3/b7-5+. The van der Waals surface area contributed by atoms with Gasteiger partial charge in [-0.05, 0) is 31.1 Å². The van der Waals surface area contributed by atoms with Crippen LogP contribution in [0.25, 0.3) is 0 Å². The summed E-state index contributed by atoms with van der Waals surface area (Å²) < 4.78 is 55.7. The SMILES string of the molecule is CCC1=CC=C(/C=C/CCC2CCC(C)CC2)C(F)(F)C1(F)F. The van der Waals surface area contributed by atoms with Gasteiger partial charge < -0.3 is 0 Å². The first-order valence-electron chi connectivity index (χ1n) is 8.63. The third kappa shape index (κ3) is 3.89. The number of halogens is 4. The van der Waals surface area contributed by atoms with E-state index in [1.165, 1.54) is 38.7 Å². The molecule has 0 heterocycles. The molecule has 0 radical (unpaired) electrons. The Hall–Kier alpha value is -1.06. The maximum absolute atomic E-state index is 14.0. The molecular weight excluding hydrogens is 304 g/mol. The van der Waals surface area contributed by atoms with Gasteiger partial charge in [0.05, 0.1) is 0 Å². The Morgan fingerprint density at radius 2 is 1.70 bits per heavy atom.